The maximum absolute atomic E-state index is 11.2. The molecule has 0 radical (unpaired) electrons. The summed E-state index contributed by atoms with van der Waals surface area (Å²) in [7, 11) is 1.60. The molecule has 128 valence electrons. The Hall–Kier alpha value is -1.95. The van der Waals surface area contributed by atoms with Gasteiger partial charge < -0.3 is 19.3 Å². The Bertz CT molecular complexity index is 634. The van der Waals surface area contributed by atoms with Crippen molar-refractivity contribution in [1.29, 1.82) is 0 Å². The number of aryl methyl sites for hydroxylation is 1. The van der Waals surface area contributed by atoms with Crippen LogP contribution in [0.2, 0.25) is 0 Å². The predicted octanol–water partition coefficient (Wildman–Crippen LogP) is 2.50. The second-order valence-electron chi connectivity index (χ2n) is 5.98. The molecule has 3 atom stereocenters. The van der Waals surface area contributed by atoms with E-state index in [2.05, 4.69) is 18.2 Å². The zero-order valence-electron chi connectivity index (χ0n) is 13.7. The van der Waals surface area contributed by atoms with Gasteiger partial charge in [0.05, 0.1) is 6.10 Å². The molecule has 24 heavy (non-hydrogen) atoms. The summed E-state index contributed by atoms with van der Waals surface area (Å²) in [6.45, 7) is 0. The maximum atomic E-state index is 11.2. The van der Waals surface area contributed by atoms with Crippen molar-refractivity contribution in [1.82, 2.24) is 0 Å². The van der Waals surface area contributed by atoms with Crippen LogP contribution in [0.25, 0.3) is 0 Å². The average molecular weight is 330 g/mol. The first kappa shape index (κ1) is 16.9. The first-order valence-electron chi connectivity index (χ1n) is 8.18. The van der Waals surface area contributed by atoms with Gasteiger partial charge in [-0.1, -0.05) is 36.4 Å². The number of rotatable bonds is 6. The number of carbonyl (C=O) groups excluding carboxylic acids is 1. The van der Waals surface area contributed by atoms with E-state index in [1.807, 2.05) is 18.2 Å². The minimum Gasteiger partial charge on any atom is -0.429 e. The molecule has 2 heterocycles. The number of aliphatic hydroxyl groups excluding tert-OH is 1. The summed E-state index contributed by atoms with van der Waals surface area (Å²) in [4.78, 5) is 11.2. The lowest BCUT2D eigenvalue weighted by molar-refractivity contribution is -0.157. The van der Waals surface area contributed by atoms with Gasteiger partial charge in [0, 0.05) is 18.8 Å². The lowest BCUT2D eigenvalue weighted by Gasteiger charge is -2.31. The number of esters is 1. The van der Waals surface area contributed by atoms with Crippen LogP contribution in [-0.2, 0) is 25.4 Å². The molecule has 0 fully saturated rings. The van der Waals surface area contributed by atoms with Gasteiger partial charge in [-0.2, -0.15) is 0 Å². The van der Waals surface area contributed by atoms with Crippen molar-refractivity contribution in [3.05, 3.63) is 59.2 Å². The van der Waals surface area contributed by atoms with Crippen LogP contribution < -0.4 is 0 Å². The van der Waals surface area contributed by atoms with Crippen LogP contribution >= 0.6 is 0 Å². The quantitative estimate of drug-likeness (QED) is 0.641. The molecule has 0 aromatic heterocycles. The molecule has 1 N–H and O–H groups in total. The smallest absolute Gasteiger partial charge is 0.333 e. The predicted molar refractivity (Wildman–Crippen MR) is 87.9 cm³/mol. The van der Waals surface area contributed by atoms with E-state index in [1.165, 1.54) is 11.6 Å². The summed E-state index contributed by atoms with van der Waals surface area (Å²) < 4.78 is 16.1. The molecule has 0 amide bonds. The third-order valence-electron chi connectivity index (χ3n) is 4.34. The fraction of sp³-hybridized carbons (Fsp3) is 0.421. The Morgan fingerprint density at radius 2 is 2.04 bits per heavy atom. The van der Waals surface area contributed by atoms with Crippen molar-refractivity contribution in [2.75, 3.05) is 7.11 Å². The second kappa shape index (κ2) is 7.75. The van der Waals surface area contributed by atoms with Gasteiger partial charge in [-0.25, -0.2) is 4.79 Å². The molecule has 0 aliphatic carbocycles. The fourth-order valence-electron chi connectivity index (χ4n) is 3.10. The summed E-state index contributed by atoms with van der Waals surface area (Å²) in [5.41, 5.74) is 2.88. The first-order valence-corrected chi connectivity index (χ1v) is 8.18. The SMILES string of the molecule is COC1OC(C2=CC(=O)OC2O)CC=C1CCCc1ccccc1. The summed E-state index contributed by atoms with van der Waals surface area (Å²) in [5.74, 6) is -0.535. The highest BCUT2D eigenvalue weighted by atomic mass is 16.7. The van der Waals surface area contributed by atoms with Gasteiger partial charge in [0.2, 0.25) is 6.29 Å². The standard InChI is InChI=1S/C19H22O5/c1-22-19-14(9-5-8-13-6-3-2-4-7-13)10-11-16(23-19)15-12-17(20)24-18(15)21/h2-4,6-7,10,12,16,18-19,21H,5,8-9,11H2,1H3. The van der Waals surface area contributed by atoms with Crippen LogP contribution in [0.3, 0.4) is 0 Å². The largest absolute Gasteiger partial charge is 0.429 e. The molecule has 0 saturated carbocycles. The van der Waals surface area contributed by atoms with Crippen molar-refractivity contribution in [2.45, 2.75) is 44.4 Å². The molecule has 0 spiro atoms. The molecule has 2 aliphatic heterocycles. The van der Waals surface area contributed by atoms with Gasteiger partial charge in [0.25, 0.3) is 0 Å². The minimum atomic E-state index is -1.21. The number of ether oxygens (including phenoxy) is 3. The molecule has 1 aromatic carbocycles. The first-order chi connectivity index (χ1) is 11.7. The number of aliphatic hydroxyl groups is 1. The van der Waals surface area contributed by atoms with Gasteiger partial charge >= 0.3 is 5.97 Å². The molecular formula is C19H22O5. The number of benzene rings is 1. The Kier molecular flexibility index (Phi) is 5.45. The number of carbonyl (C=O) groups is 1. The third kappa shape index (κ3) is 3.93. The van der Waals surface area contributed by atoms with Gasteiger partial charge in [0.1, 0.15) is 0 Å². The van der Waals surface area contributed by atoms with Crippen LogP contribution in [0.1, 0.15) is 24.8 Å². The van der Waals surface area contributed by atoms with Crippen LogP contribution in [0.5, 0.6) is 0 Å². The highest BCUT2D eigenvalue weighted by molar-refractivity contribution is 5.85. The highest BCUT2D eigenvalue weighted by Gasteiger charge is 2.34. The Balaban J connectivity index is 1.58. The zero-order chi connectivity index (χ0) is 16.9. The normalized spacial score (nSPS) is 26.8. The molecule has 3 unspecified atom stereocenters. The maximum Gasteiger partial charge on any atom is 0.333 e. The summed E-state index contributed by atoms with van der Waals surface area (Å²) in [6, 6.07) is 10.4. The van der Waals surface area contributed by atoms with E-state index in [1.54, 1.807) is 7.11 Å². The van der Waals surface area contributed by atoms with Crippen molar-refractivity contribution in [3.63, 3.8) is 0 Å². The van der Waals surface area contributed by atoms with E-state index in [0.717, 1.165) is 24.8 Å². The van der Waals surface area contributed by atoms with Crippen molar-refractivity contribution in [3.8, 4) is 0 Å². The number of cyclic esters (lactones) is 1. The molecule has 5 nitrogen and oxygen atoms in total. The number of methoxy groups -OCH3 is 1. The van der Waals surface area contributed by atoms with Crippen LogP contribution in [0.15, 0.2) is 53.6 Å². The van der Waals surface area contributed by atoms with Gasteiger partial charge in [-0.3, -0.25) is 0 Å². The number of hydrogen-bond acceptors (Lipinski definition) is 5. The van der Waals surface area contributed by atoms with Crippen LogP contribution in [0.4, 0.5) is 0 Å². The average Bonchev–Trinajstić information content (AvgIpc) is 2.94. The molecule has 5 heteroatoms. The zero-order valence-corrected chi connectivity index (χ0v) is 13.7. The van der Waals surface area contributed by atoms with Gasteiger partial charge in [-0.15, -0.1) is 0 Å². The molecule has 0 bridgehead atoms. The van der Waals surface area contributed by atoms with Gasteiger partial charge in [0.15, 0.2) is 6.29 Å². The van der Waals surface area contributed by atoms with E-state index < -0.39 is 24.7 Å². The minimum absolute atomic E-state index is 0.394. The highest BCUT2D eigenvalue weighted by Crippen LogP contribution is 2.30. The molecule has 2 aliphatic rings. The summed E-state index contributed by atoms with van der Waals surface area (Å²) in [6.07, 6.45) is 4.82. The second-order valence-corrected chi connectivity index (χ2v) is 5.98. The topological polar surface area (TPSA) is 65.0 Å². The van der Waals surface area contributed by atoms with Crippen molar-refractivity contribution in [2.24, 2.45) is 0 Å². The monoisotopic (exact) mass is 330 g/mol. The van der Waals surface area contributed by atoms with Crippen molar-refractivity contribution < 1.29 is 24.1 Å². The van der Waals surface area contributed by atoms with E-state index in [9.17, 15) is 9.90 Å². The molecular weight excluding hydrogens is 308 g/mol. The van der Waals surface area contributed by atoms with Gasteiger partial charge in [-0.05, 0) is 36.8 Å². The lowest BCUT2D eigenvalue weighted by Crippen LogP contribution is -2.33. The Morgan fingerprint density at radius 3 is 2.71 bits per heavy atom. The Morgan fingerprint density at radius 1 is 1.25 bits per heavy atom. The van der Waals surface area contributed by atoms with Crippen molar-refractivity contribution >= 4 is 5.97 Å². The molecule has 3 rings (SSSR count). The van der Waals surface area contributed by atoms with E-state index in [-0.39, 0.29) is 0 Å². The molecule has 0 saturated heterocycles. The summed E-state index contributed by atoms with van der Waals surface area (Å²) in [5, 5.41) is 9.75. The van der Waals surface area contributed by atoms with E-state index in [4.69, 9.17) is 14.2 Å². The Labute approximate surface area is 141 Å². The third-order valence-corrected chi connectivity index (χ3v) is 4.34. The fourth-order valence-corrected chi connectivity index (χ4v) is 3.10. The summed E-state index contributed by atoms with van der Waals surface area (Å²) >= 11 is 0. The van der Waals surface area contributed by atoms with E-state index in [0.29, 0.717) is 12.0 Å². The van der Waals surface area contributed by atoms with Crippen LogP contribution in [-0.4, -0.2) is 36.9 Å². The molecule has 1 aromatic rings. The van der Waals surface area contributed by atoms with Crippen LogP contribution in [0, 0.1) is 0 Å². The van der Waals surface area contributed by atoms with E-state index >= 15 is 0 Å². The lowest BCUT2D eigenvalue weighted by atomic mass is 9.97. The number of hydrogen-bond donors (Lipinski definition) is 1.